The molecular formula is C15H19NO4. The van der Waals surface area contributed by atoms with Crippen molar-refractivity contribution in [3.8, 4) is 0 Å². The Kier molecular flexibility index (Phi) is 4.39. The van der Waals surface area contributed by atoms with Crippen molar-refractivity contribution in [3.63, 3.8) is 0 Å². The van der Waals surface area contributed by atoms with Gasteiger partial charge in [-0.2, -0.15) is 0 Å². The van der Waals surface area contributed by atoms with Crippen LogP contribution in [0.3, 0.4) is 0 Å². The van der Waals surface area contributed by atoms with Gasteiger partial charge in [-0.25, -0.2) is 4.79 Å². The SMILES string of the molecule is COC(=O)C1CCN1C(=O)C(O)C(C)c1ccccc1. The van der Waals surface area contributed by atoms with Crippen LogP contribution in [-0.2, 0) is 14.3 Å². The molecule has 20 heavy (non-hydrogen) atoms. The second-order valence-corrected chi connectivity index (χ2v) is 5.00. The molecule has 1 aliphatic heterocycles. The summed E-state index contributed by atoms with van der Waals surface area (Å²) in [6, 6.07) is 8.80. The van der Waals surface area contributed by atoms with E-state index in [9.17, 15) is 14.7 Å². The first-order valence-electron chi connectivity index (χ1n) is 6.67. The van der Waals surface area contributed by atoms with Crippen LogP contribution in [0, 0.1) is 0 Å². The molecule has 0 aliphatic carbocycles. The van der Waals surface area contributed by atoms with E-state index in [2.05, 4.69) is 4.74 Å². The van der Waals surface area contributed by atoms with E-state index in [-0.39, 0.29) is 5.92 Å². The average molecular weight is 277 g/mol. The average Bonchev–Trinajstić information content (AvgIpc) is 2.45. The molecule has 1 aliphatic rings. The molecular weight excluding hydrogens is 258 g/mol. The van der Waals surface area contributed by atoms with Gasteiger partial charge in [-0.15, -0.1) is 0 Å². The van der Waals surface area contributed by atoms with Gasteiger partial charge in [-0.3, -0.25) is 4.79 Å². The molecule has 1 aromatic carbocycles. The Balaban J connectivity index is 2.04. The number of likely N-dealkylation sites (tertiary alicyclic amines) is 1. The zero-order valence-corrected chi connectivity index (χ0v) is 11.7. The number of hydrogen-bond donors (Lipinski definition) is 1. The van der Waals surface area contributed by atoms with Gasteiger partial charge in [0, 0.05) is 12.5 Å². The fourth-order valence-electron chi connectivity index (χ4n) is 2.35. The van der Waals surface area contributed by atoms with Gasteiger partial charge >= 0.3 is 5.97 Å². The van der Waals surface area contributed by atoms with Crippen LogP contribution in [0.5, 0.6) is 0 Å². The van der Waals surface area contributed by atoms with E-state index >= 15 is 0 Å². The van der Waals surface area contributed by atoms with Gasteiger partial charge in [0.1, 0.15) is 12.1 Å². The van der Waals surface area contributed by atoms with E-state index in [0.717, 1.165) is 5.56 Å². The first kappa shape index (κ1) is 14.5. The fraction of sp³-hybridized carbons (Fsp3) is 0.467. The Hall–Kier alpha value is -1.88. The van der Waals surface area contributed by atoms with Crippen LogP contribution in [0.1, 0.15) is 24.8 Å². The lowest BCUT2D eigenvalue weighted by molar-refractivity contribution is -0.164. The second-order valence-electron chi connectivity index (χ2n) is 5.00. The Labute approximate surface area is 118 Å². The maximum atomic E-state index is 12.2. The summed E-state index contributed by atoms with van der Waals surface area (Å²) in [4.78, 5) is 25.1. The summed E-state index contributed by atoms with van der Waals surface area (Å²) in [5.74, 6) is -1.16. The van der Waals surface area contributed by atoms with Gasteiger partial charge in [0.05, 0.1) is 7.11 Å². The summed E-state index contributed by atoms with van der Waals surface area (Å²) >= 11 is 0. The molecule has 108 valence electrons. The number of hydrogen-bond acceptors (Lipinski definition) is 4. The summed E-state index contributed by atoms with van der Waals surface area (Å²) in [6.07, 6.45) is -0.560. The highest BCUT2D eigenvalue weighted by atomic mass is 16.5. The quantitative estimate of drug-likeness (QED) is 0.831. The third-order valence-corrected chi connectivity index (χ3v) is 3.83. The third kappa shape index (κ3) is 2.67. The lowest BCUT2D eigenvalue weighted by atomic mass is 9.92. The normalized spacial score (nSPS) is 20.8. The number of esters is 1. The fourth-order valence-corrected chi connectivity index (χ4v) is 2.35. The molecule has 5 nitrogen and oxygen atoms in total. The zero-order valence-electron chi connectivity index (χ0n) is 11.7. The van der Waals surface area contributed by atoms with Gasteiger partial charge in [-0.1, -0.05) is 37.3 Å². The summed E-state index contributed by atoms with van der Waals surface area (Å²) in [6.45, 7) is 2.28. The van der Waals surface area contributed by atoms with E-state index in [4.69, 9.17) is 0 Å². The lowest BCUT2D eigenvalue weighted by Crippen LogP contribution is -2.58. The largest absolute Gasteiger partial charge is 0.467 e. The molecule has 2 rings (SSSR count). The van der Waals surface area contributed by atoms with Crippen LogP contribution < -0.4 is 0 Å². The molecule has 3 unspecified atom stereocenters. The number of aliphatic hydroxyl groups is 1. The van der Waals surface area contributed by atoms with Crippen LogP contribution in [0.4, 0.5) is 0 Å². The van der Waals surface area contributed by atoms with Crippen molar-refractivity contribution < 1.29 is 19.4 Å². The zero-order chi connectivity index (χ0) is 14.7. The van der Waals surface area contributed by atoms with Gasteiger partial charge in [0.25, 0.3) is 5.91 Å². The highest BCUT2D eigenvalue weighted by Gasteiger charge is 2.41. The number of aliphatic hydroxyl groups excluding tert-OH is 1. The van der Waals surface area contributed by atoms with E-state index in [1.165, 1.54) is 12.0 Å². The first-order valence-corrected chi connectivity index (χ1v) is 6.67. The molecule has 1 heterocycles. The molecule has 1 N–H and O–H groups in total. The minimum atomic E-state index is -1.15. The Morgan fingerprint density at radius 3 is 2.50 bits per heavy atom. The maximum absolute atomic E-state index is 12.2. The Bertz CT molecular complexity index is 488. The van der Waals surface area contributed by atoms with Crippen LogP contribution in [0.2, 0.25) is 0 Å². The third-order valence-electron chi connectivity index (χ3n) is 3.83. The van der Waals surface area contributed by atoms with Crippen LogP contribution >= 0.6 is 0 Å². The van der Waals surface area contributed by atoms with Crippen molar-refractivity contribution in [3.05, 3.63) is 35.9 Å². The Morgan fingerprint density at radius 1 is 1.35 bits per heavy atom. The number of methoxy groups -OCH3 is 1. The van der Waals surface area contributed by atoms with Crippen molar-refractivity contribution >= 4 is 11.9 Å². The molecule has 5 heteroatoms. The minimum absolute atomic E-state index is 0.317. The molecule has 3 atom stereocenters. The number of benzene rings is 1. The summed E-state index contributed by atoms with van der Waals surface area (Å²) < 4.78 is 4.64. The summed E-state index contributed by atoms with van der Waals surface area (Å²) in [7, 11) is 1.30. The molecule has 1 amide bonds. The predicted octanol–water partition coefficient (Wildman–Crippen LogP) is 0.925. The first-order chi connectivity index (χ1) is 9.56. The number of carbonyl (C=O) groups is 2. The number of carbonyl (C=O) groups excluding carboxylic acids is 2. The molecule has 0 spiro atoms. The topological polar surface area (TPSA) is 66.8 Å². The van der Waals surface area contributed by atoms with Crippen molar-refractivity contribution in [2.45, 2.75) is 31.4 Å². The van der Waals surface area contributed by atoms with E-state index in [1.807, 2.05) is 30.3 Å². The van der Waals surface area contributed by atoms with Crippen molar-refractivity contribution in [2.24, 2.45) is 0 Å². The van der Waals surface area contributed by atoms with Crippen molar-refractivity contribution in [2.75, 3.05) is 13.7 Å². The van der Waals surface area contributed by atoms with Crippen LogP contribution in [-0.4, -0.2) is 47.7 Å². The van der Waals surface area contributed by atoms with Crippen LogP contribution in [0.25, 0.3) is 0 Å². The number of amides is 1. The maximum Gasteiger partial charge on any atom is 0.328 e. The smallest absolute Gasteiger partial charge is 0.328 e. The summed E-state index contributed by atoms with van der Waals surface area (Å²) in [5, 5.41) is 10.2. The Morgan fingerprint density at radius 2 is 2.00 bits per heavy atom. The number of rotatable bonds is 4. The molecule has 0 saturated carbocycles. The molecule has 0 radical (unpaired) electrons. The van der Waals surface area contributed by atoms with Gasteiger partial charge < -0.3 is 14.7 Å². The highest BCUT2D eigenvalue weighted by Crippen LogP contribution is 2.25. The van der Waals surface area contributed by atoms with E-state index in [0.29, 0.717) is 13.0 Å². The van der Waals surface area contributed by atoms with Crippen LogP contribution in [0.15, 0.2) is 30.3 Å². The molecule has 1 aromatic rings. The van der Waals surface area contributed by atoms with Crippen molar-refractivity contribution in [1.29, 1.82) is 0 Å². The van der Waals surface area contributed by atoms with Gasteiger partial charge in [0.2, 0.25) is 0 Å². The molecule has 1 saturated heterocycles. The van der Waals surface area contributed by atoms with Gasteiger partial charge in [0.15, 0.2) is 0 Å². The monoisotopic (exact) mass is 277 g/mol. The highest BCUT2D eigenvalue weighted by molar-refractivity contribution is 5.89. The lowest BCUT2D eigenvalue weighted by Gasteiger charge is -2.40. The van der Waals surface area contributed by atoms with E-state index < -0.39 is 24.0 Å². The molecule has 0 aromatic heterocycles. The molecule has 0 bridgehead atoms. The van der Waals surface area contributed by atoms with Crippen molar-refractivity contribution in [1.82, 2.24) is 4.90 Å². The van der Waals surface area contributed by atoms with E-state index in [1.54, 1.807) is 6.92 Å². The molecule has 1 fully saturated rings. The second kappa shape index (κ2) is 6.05. The summed E-state index contributed by atoms with van der Waals surface area (Å²) in [5.41, 5.74) is 0.892. The standard InChI is InChI=1S/C15H19NO4/c1-10(11-6-4-3-5-7-11)13(17)14(18)16-9-8-12(16)15(19)20-2/h3-7,10,12-13,17H,8-9H2,1-2H3. The van der Waals surface area contributed by atoms with Gasteiger partial charge in [-0.05, 0) is 12.0 Å². The number of ether oxygens (including phenoxy) is 1. The minimum Gasteiger partial charge on any atom is -0.467 e. The predicted molar refractivity (Wildman–Crippen MR) is 73.0 cm³/mol. The number of nitrogens with zero attached hydrogens (tertiary/aromatic N) is 1.